The summed E-state index contributed by atoms with van der Waals surface area (Å²) in [6.45, 7) is 0. The topological polar surface area (TPSA) is 65.3 Å². The molecule has 0 aliphatic heterocycles. The summed E-state index contributed by atoms with van der Waals surface area (Å²) in [5.41, 5.74) is 10.0. The average Bonchev–Trinajstić information content (AvgIpc) is 3.66. The second-order valence-corrected chi connectivity index (χ2v) is 11.8. The Balaban J connectivity index is 1.20. The lowest BCUT2D eigenvalue weighted by atomic mass is 10.0. The molecule has 10 rings (SSSR count). The van der Waals surface area contributed by atoms with Gasteiger partial charge in [0.2, 0.25) is 11.7 Å². The van der Waals surface area contributed by atoms with Crippen molar-refractivity contribution in [3.8, 4) is 28.3 Å². The zero-order chi connectivity index (χ0) is 31.1. The van der Waals surface area contributed by atoms with Crippen LogP contribution in [0.5, 0.6) is 0 Å². The van der Waals surface area contributed by atoms with Gasteiger partial charge in [0.1, 0.15) is 0 Å². The molecule has 220 valence electrons. The number of rotatable bonds is 3. The third-order valence-electron chi connectivity index (χ3n) is 9.14. The molecule has 0 saturated carbocycles. The Bertz CT molecular complexity index is 2930. The van der Waals surface area contributed by atoms with Crippen LogP contribution in [0, 0.1) is 0 Å². The highest BCUT2D eigenvalue weighted by molar-refractivity contribution is 6.10. The maximum atomic E-state index is 12.8. The molecule has 4 heterocycles. The van der Waals surface area contributed by atoms with E-state index in [2.05, 4.69) is 77.4 Å². The van der Waals surface area contributed by atoms with Crippen LogP contribution in [0.3, 0.4) is 0 Å². The van der Waals surface area contributed by atoms with E-state index in [4.69, 9.17) is 14.4 Å². The second kappa shape index (κ2) is 9.73. The molecule has 0 bridgehead atoms. The Morgan fingerprint density at radius 2 is 1.17 bits per heavy atom. The van der Waals surface area contributed by atoms with E-state index < -0.39 is 0 Å². The molecule has 0 radical (unpaired) electrons. The monoisotopic (exact) mass is 604 g/mol. The number of aromatic nitrogens is 4. The average molecular weight is 605 g/mol. The zero-order valence-electron chi connectivity index (χ0n) is 25.0. The van der Waals surface area contributed by atoms with Gasteiger partial charge in [0.05, 0.1) is 33.3 Å². The summed E-state index contributed by atoms with van der Waals surface area (Å²) in [6.07, 6.45) is 0. The van der Waals surface area contributed by atoms with E-state index in [1.54, 1.807) is 6.07 Å². The summed E-state index contributed by atoms with van der Waals surface area (Å²) in [4.78, 5) is 23.1. The van der Waals surface area contributed by atoms with Gasteiger partial charge in [-0.3, -0.25) is 13.8 Å². The quantitative estimate of drug-likeness (QED) is 0.201. The Labute approximate surface area is 267 Å². The summed E-state index contributed by atoms with van der Waals surface area (Å²) in [5.74, 6) is 0.633. The van der Waals surface area contributed by atoms with Crippen molar-refractivity contribution >= 4 is 60.4 Å². The van der Waals surface area contributed by atoms with Crippen LogP contribution in [0.2, 0.25) is 0 Å². The lowest BCUT2D eigenvalue weighted by molar-refractivity contribution is 0.655. The van der Waals surface area contributed by atoms with E-state index in [-0.39, 0.29) is 5.43 Å². The van der Waals surface area contributed by atoms with Gasteiger partial charge < -0.3 is 4.42 Å². The molecule has 0 aliphatic carbocycles. The van der Waals surface area contributed by atoms with Gasteiger partial charge in [0.25, 0.3) is 0 Å². The van der Waals surface area contributed by atoms with Gasteiger partial charge in [-0.2, -0.15) is 0 Å². The van der Waals surface area contributed by atoms with Crippen LogP contribution in [-0.4, -0.2) is 18.9 Å². The molecule has 6 nitrogen and oxygen atoms in total. The summed E-state index contributed by atoms with van der Waals surface area (Å²) in [6, 6.07) is 48.9. The number of benzene rings is 6. The van der Waals surface area contributed by atoms with Crippen molar-refractivity contribution in [2.45, 2.75) is 0 Å². The summed E-state index contributed by atoms with van der Waals surface area (Å²) < 4.78 is 10.3. The van der Waals surface area contributed by atoms with Crippen molar-refractivity contribution in [3.05, 3.63) is 156 Å². The highest BCUT2D eigenvalue weighted by atomic mass is 16.3. The van der Waals surface area contributed by atoms with Crippen molar-refractivity contribution < 1.29 is 4.42 Å². The van der Waals surface area contributed by atoms with E-state index >= 15 is 0 Å². The van der Waals surface area contributed by atoms with Gasteiger partial charge in [0, 0.05) is 33.2 Å². The van der Waals surface area contributed by atoms with Crippen molar-refractivity contribution in [3.63, 3.8) is 0 Å². The zero-order valence-corrected chi connectivity index (χ0v) is 25.0. The number of nitrogens with zero attached hydrogens (tertiary/aromatic N) is 4. The first kappa shape index (κ1) is 25.8. The minimum atomic E-state index is -0.0481. The number of oxazole rings is 1. The Kier molecular flexibility index (Phi) is 5.33. The van der Waals surface area contributed by atoms with Gasteiger partial charge in [0.15, 0.2) is 11.0 Å². The van der Waals surface area contributed by atoms with Gasteiger partial charge in [-0.15, -0.1) is 0 Å². The van der Waals surface area contributed by atoms with E-state index in [0.717, 1.165) is 71.7 Å². The smallest absolute Gasteiger partial charge is 0.235 e. The lowest BCUT2D eigenvalue weighted by Gasteiger charge is -2.12. The van der Waals surface area contributed by atoms with E-state index in [0.29, 0.717) is 17.0 Å². The summed E-state index contributed by atoms with van der Waals surface area (Å²) >= 11 is 0. The molecule has 0 amide bonds. The second-order valence-electron chi connectivity index (χ2n) is 11.8. The van der Waals surface area contributed by atoms with E-state index in [1.807, 2.05) is 71.1 Å². The largest absolute Gasteiger partial charge is 0.438 e. The maximum Gasteiger partial charge on any atom is 0.235 e. The summed E-state index contributed by atoms with van der Waals surface area (Å²) in [7, 11) is 0. The van der Waals surface area contributed by atoms with Crippen LogP contribution in [0.4, 0.5) is 0 Å². The van der Waals surface area contributed by atoms with Crippen LogP contribution >= 0.6 is 0 Å². The number of para-hydroxylation sites is 3. The standard InChI is InChI=1S/C41H24N4O2/c46-37-24-39-44(34-17-9-6-14-30(34)37)36-23-27(19-21-38(36)47-39)26-18-20-35-31(22-26)28-12-5-8-16-33(28)45(35)41-42-32-15-7-4-13-29(32)40(43-41)25-10-2-1-3-11-25/h1-24H. The fraction of sp³-hybridized carbons (Fsp3) is 0. The Morgan fingerprint density at radius 1 is 0.489 bits per heavy atom. The number of hydrogen-bond acceptors (Lipinski definition) is 4. The molecule has 0 spiro atoms. The van der Waals surface area contributed by atoms with E-state index in [1.165, 1.54) is 0 Å². The first-order valence-corrected chi connectivity index (χ1v) is 15.5. The van der Waals surface area contributed by atoms with Gasteiger partial charge in [-0.25, -0.2) is 9.97 Å². The van der Waals surface area contributed by atoms with Crippen LogP contribution in [0.1, 0.15) is 0 Å². The predicted octanol–water partition coefficient (Wildman–Crippen LogP) is 9.57. The normalized spacial score (nSPS) is 11.9. The number of pyridine rings is 1. The molecule has 4 aromatic heterocycles. The number of hydrogen-bond donors (Lipinski definition) is 0. The third kappa shape index (κ3) is 3.82. The van der Waals surface area contributed by atoms with Crippen LogP contribution in [0.15, 0.2) is 155 Å². The Morgan fingerprint density at radius 3 is 2.04 bits per heavy atom. The molecule has 6 heteroatoms. The molecule has 0 fully saturated rings. The van der Waals surface area contributed by atoms with Crippen molar-refractivity contribution in [1.82, 2.24) is 18.9 Å². The fourth-order valence-electron chi connectivity index (χ4n) is 6.99. The molecule has 10 aromatic rings. The van der Waals surface area contributed by atoms with Gasteiger partial charge >= 0.3 is 0 Å². The molecule has 0 aliphatic rings. The third-order valence-corrected chi connectivity index (χ3v) is 9.14. The van der Waals surface area contributed by atoms with Crippen LogP contribution in [0.25, 0.3) is 88.8 Å². The van der Waals surface area contributed by atoms with Crippen LogP contribution in [-0.2, 0) is 0 Å². The summed E-state index contributed by atoms with van der Waals surface area (Å²) in [5, 5.41) is 3.92. The van der Waals surface area contributed by atoms with Crippen molar-refractivity contribution in [2.24, 2.45) is 0 Å². The highest BCUT2D eigenvalue weighted by Gasteiger charge is 2.18. The predicted molar refractivity (Wildman–Crippen MR) is 189 cm³/mol. The molecular formula is C41H24N4O2. The van der Waals surface area contributed by atoms with Gasteiger partial charge in [-0.05, 0) is 59.7 Å². The van der Waals surface area contributed by atoms with Crippen molar-refractivity contribution in [2.75, 3.05) is 0 Å². The highest BCUT2D eigenvalue weighted by Crippen LogP contribution is 2.37. The first-order valence-electron chi connectivity index (χ1n) is 15.5. The first-order chi connectivity index (χ1) is 23.2. The molecule has 0 saturated heterocycles. The van der Waals surface area contributed by atoms with E-state index in [9.17, 15) is 4.79 Å². The fourth-order valence-corrected chi connectivity index (χ4v) is 6.99. The maximum absolute atomic E-state index is 12.8. The van der Waals surface area contributed by atoms with Gasteiger partial charge in [-0.1, -0.05) is 91.0 Å². The molecule has 0 N–H and O–H groups in total. The van der Waals surface area contributed by atoms with Crippen LogP contribution < -0.4 is 5.43 Å². The molecule has 0 atom stereocenters. The molecule has 6 aromatic carbocycles. The molecule has 0 unspecified atom stereocenters. The minimum Gasteiger partial charge on any atom is -0.438 e. The van der Waals surface area contributed by atoms with Crippen molar-refractivity contribution in [1.29, 1.82) is 0 Å². The number of fused-ring (bicyclic) bond motifs is 9. The Hall–Kier alpha value is -6.53. The SMILES string of the molecule is O=c1cc2oc3ccc(-c4ccc5c(c4)c4ccccc4n5-c4nc(-c5ccccc5)c5ccccc5n4)cc3n2c2ccccc12. The lowest BCUT2D eigenvalue weighted by Crippen LogP contribution is -2.03. The molecule has 47 heavy (non-hydrogen) atoms. The molecular weight excluding hydrogens is 580 g/mol. The minimum absolute atomic E-state index is 0.0481.